The van der Waals surface area contributed by atoms with E-state index in [0.29, 0.717) is 0 Å². The highest BCUT2D eigenvalue weighted by molar-refractivity contribution is 5.30. The summed E-state index contributed by atoms with van der Waals surface area (Å²) < 4.78 is 0. The molecule has 1 heteroatoms. The third kappa shape index (κ3) is 3.57. The number of hydrogen-bond donors (Lipinski definition) is 1. The molecular weight excluding hydrogens is 206 g/mol. The predicted octanol–water partition coefficient (Wildman–Crippen LogP) is 4.27. The second-order valence-corrected chi connectivity index (χ2v) is 5.77. The van der Waals surface area contributed by atoms with Gasteiger partial charge in [-0.3, -0.25) is 0 Å². The third-order valence-electron chi connectivity index (χ3n) is 3.98. The minimum Gasteiger partial charge on any atom is -0.324 e. The fourth-order valence-electron chi connectivity index (χ4n) is 3.14. The largest absolute Gasteiger partial charge is 0.324 e. The molecule has 1 atom stereocenters. The van der Waals surface area contributed by atoms with Crippen molar-refractivity contribution >= 4 is 0 Å². The van der Waals surface area contributed by atoms with Crippen LogP contribution in [-0.4, -0.2) is 0 Å². The highest BCUT2D eigenvalue weighted by Crippen LogP contribution is 2.31. The summed E-state index contributed by atoms with van der Waals surface area (Å²) in [5.74, 6) is 0.861. The Morgan fingerprint density at radius 1 is 1.06 bits per heavy atom. The summed E-state index contributed by atoms with van der Waals surface area (Å²) in [4.78, 5) is 0. The maximum Gasteiger partial charge on any atom is 0.0297 e. The molecule has 0 bridgehead atoms. The fraction of sp³-hybridized carbons (Fsp3) is 0.625. The summed E-state index contributed by atoms with van der Waals surface area (Å²) in [6.45, 7) is 4.31. The lowest BCUT2D eigenvalue weighted by Crippen LogP contribution is -2.17. The first-order valence-corrected chi connectivity index (χ1v) is 6.99. The minimum atomic E-state index is 0.233. The molecule has 17 heavy (non-hydrogen) atoms. The number of benzene rings is 1. The molecule has 1 unspecified atom stereocenters. The van der Waals surface area contributed by atoms with Gasteiger partial charge in [0, 0.05) is 6.04 Å². The van der Waals surface area contributed by atoms with Crippen molar-refractivity contribution < 1.29 is 0 Å². The van der Waals surface area contributed by atoms with Gasteiger partial charge < -0.3 is 5.73 Å². The maximum atomic E-state index is 6.36. The first kappa shape index (κ1) is 12.6. The molecular formula is C16H25N. The van der Waals surface area contributed by atoms with Crippen molar-refractivity contribution in [2.24, 2.45) is 11.7 Å². The second kappa shape index (κ2) is 5.68. The molecule has 1 aromatic rings. The van der Waals surface area contributed by atoms with E-state index in [4.69, 9.17) is 5.73 Å². The van der Waals surface area contributed by atoms with E-state index in [1.165, 1.54) is 55.2 Å². The Kier molecular flexibility index (Phi) is 4.22. The number of rotatable bonds is 3. The topological polar surface area (TPSA) is 26.0 Å². The van der Waals surface area contributed by atoms with Crippen LogP contribution >= 0.6 is 0 Å². The normalized spacial score (nSPS) is 19.2. The van der Waals surface area contributed by atoms with E-state index >= 15 is 0 Å². The van der Waals surface area contributed by atoms with Crippen molar-refractivity contribution in [3.8, 4) is 0 Å². The summed E-state index contributed by atoms with van der Waals surface area (Å²) in [5.41, 5.74) is 10.4. The maximum absolute atomic E-state index is 6.36. The Bertz CT molecular complexity index is 344. The standard InChI is InChI=1S/C16H25N/c1-12-8-13(2)10-15(9-12)16(17)11-14-6-4-3-5-7-14/h8-10,14,16H,3-7,11,17H2,1-2H3. The molecule has 1 aliphatic carbocycles. The highest BCUT2D eigenvalue weighted by Gasteiger charge is 2.17. The van der Waals surface area contributed by atoms with E-state index in [0.717, 1.165) is 5.92 Å². The van der Waals surface area contributed by atoms with Gasteiger partial charge in [0.2, 0.25) is 0 Å². The van der Waals surface area contributed by atoms with Crippen LogP contribution in [0.1, 0.15) is 61.3 Å². The molecule has 1 fully saturated rings. The Hall–Kier alpha value is -0.820. The summed E-state index contributed by atoms with van der Waals surface area (Å²) in [5, 5.41) is 0. The highest BCUT2D eigenvalue weighted by atomic mass is 14.6. The Morgan fingerprint density at radius 3 is 2.24 bits per heavy atom. The molecule has 94 valence electrons. The van der Waals surface area contributed by atoms with Crippen LogP contribution in [-0.2, 0) is 0 Å². The Morgan fingerprint density at radius 2 is 1.65 bits per heavy atom. The molecule has 0 radical (unpaired) electrons. The lowest BCUT2D eigenvalue weighted by atomic mass is 9.83. The van der Waals surface area contributed by atoms with Crippen molar-refractivity contribution in [1.82, 2.24) is 0 Å². The van der Waals surface area contributed by atoms with Gasteiger partial charge in [0.1, 0.15) is 0 Å². The van der Waals surface area contributed by atoms with E-state index in [9.17, 15) is 0 Å². The molecule has 2 N–H and O–H groups in total. The van der Waals surface area contributed by atoms with Gasteiger partial charge in [0.05, 0.1) is 0 Å². The van der Waals surface area contributed by atoms with E-state index in [2.05, 4.69) is 32.0 Å². The van der Waals surface area contributed by atoms with E-state index in [-0.39, 0.29) is 6.04 Å². The molecule has 1 nitrogen and oxygen atoms in total. The lowest BCUT2D eigenvalue weighted by Gasteiger charge is -2.25. The first-order valence-electron chi connectivity index (χ1n) is 6.99. The zero-order chi connectivity index (χ0) is 12.3. The smallest absolute Gasteiger partial charge is 0.0297 e. The lowest BCUT2D eigenvalue weighted by molar-refractivity contribution is 0.319. The van der Waals surface area contributed by atoms with Gasteiger partial charge in [-0.1, -0.05) is 61.4 Å². The molecule has 0 aliphatic heterocycles. The van der Waals surface area contributed by atoms with Crippen LogP contribution < -0.4 is 5.73 Å². The van der Waals surface area contributed by atoms with E-state index < -0.39 is 0 Å². The van der Waals surface area contributed by atoms with E-state index in [1.54, 1.807) is 0 Å². The predicted molar refractivity (Wildman–Crippen MR) is 74.0 cm³/mol. The average molecular weight is 231 g/mol. The molecule has 0 spiro atoms. The summed E-state index contributed by atoms with van der Waals surface area (Å²) in [7, 11) is 0. The molecule has 0 amide bonds. The van der Waals surface area contributed by atoms with Crippen LogP contribution in [0.4, 0.5) is 0 Å². The van der Waals surface area contributed by atoms with Crippen LogP contribution in [0.25, 0.3) is 0 Å². The minimum absolute atomic E-state index is 0.233. The number of nitrogens with two attached hydrogens (primary N) is 1. The number of aryl methyl sites for hydroxylation is 2. The first-order chi connectivity index (χ1) is 8.15. The summed E-state index contributed by atoms with van der Waals surface area (Å²) >= 11 is 0. The molecule has 0 aromatic heterocycles. The summed E-state index contributed by atoms with van der Waals surface area (Å²) in [6, 6.07) is 6.95. The van der Waals surface area contributed by atoms with E-state index in [1.807, 2.05) is 0 Å². The van der Waals surface area contributed by atoms with Crippen LogP contribution in [0.3, 0.4) is 0 Å². The Labute approximate surface area is 105 Å². The molecule has 1 aromatic carbocycles. The number of hydrogen-bond acceptors (Lipinski definition) is 1. The van der Waals surface area contributed by atoms with Crippen LogP contribution in [0.2, 0.25) is 0 Å². The summed E-state index contributed by atoms with van der Waals surface area (Å²) in [6.07, 6.45) is 8.18. The van der Waals surface area contributed by atoms with Crippen molar-refractivity contribution in [3.63, 3.8) is 0 Å². The van der Waals surface area contributed by atoms with Crippen molar-refractivity contribution in [1.29, 1.82) is 0 Å². The van der Waals surface area contributed by atoms with Crippen molar-refractivity contribution in [2.75, 3.05) is 0 Å². The quantitative estimate of drug-likeness (QED) is 0.826. The van der Waals surface area contributed by atoms with Gasteiger partial charge in [-0.05, 0) is 31.7 Å². The van der Waals surface area contributed by atoms with Crippen LogP contribution in [0.5, 0.6) is 0 Å². The monoisotopic (exact) mass is 231 g/mol. The molecule has 1 saturated carbocycles. The fourth-order valence-corrected chi connectivity index (χ4v) is 3.14. The zero-order valence-corrected chi connectivity index (χ0v) is 11.2. The second-order valence-electron chi connectivity index (χ2n) is 5.77. The van der Waals surface area contributed by atoms with Gasteiger partial charge in [-0.25, -0.2) is 0 Å². The average Bonchev–Trinajstić information content (AvgIpc) is 2.29. The zero-order valence-electron chi connectivity index (χ0n) is 11.2. The molecule has 0 heterocycles. The SMILES string of the molecule is Cc1cc(C)cc(C(N)CC2CCCCC2)c1. The van der Waals surface area contributed by atoms with Crippen LogP contribution in [0, 0.1) is 19.8 Å². The molecule has 1 aliphatic rings. The van der Waals surface area contributed by atoms with Gasteiger partial charge in [0.25, 0.3) is 0 Å². The van der Waals surface area contributed by atoms with Crippen molar-refractivity contribution in [2.45, 2.75) is 58.4 Å². The van der Waals surface area contributed by atoms with Crippen LogP contribution in [0.15, 0.2) is 18.2 Å². The third-order valence-corrected chi connectivity index (χ3v) is 3.98. The molecule has 0 saturated heterocycles. The van der Waals surface area contributed by atoms with Gasteiger partial charge in [-0.15, -0.1) is 0 Å². The van der Waals surface area contributed by atoms with Crippen molar-refractivity contribution in [3.05, 3.63) is 34.9 Å². The van der Waals surface area contributed by atoms with Gasteiger partial charge in [-0.2, -0.15) is 0 Å². The van der Waals surface area contributed by atoms with Gasteiger partial charge >= 0.3 is 0 Å². The van der Waals surface area contributed by atoms with Gasteiger partial charge in [0.15, 0.2) is 0 Å². The Balaban J connectivity index is 2.00. The molecule has 2 rings (SSSR count).